The van der Waals surface area contributed by atoms with E-state index in [1.807, 2.05) is 61.5 Å². The molecule has 4 aromatic rings. The second-order valence-electron chi connectivity index (χ2n) is 6.21. The highest BCUT2D eigenvalue weighted by Gasteiger charge is 2.14. The van der Waals surface area contributed by atoms with Crippen molar-refractivity contribution in [3.8, 4) is 0 Å². The first-order valence-corrected chi connectivity index (χ1v) is 8.04. The van der Waals surface area contributed by atoms with Crippen LogP contribution >= 0.6 is 0 Å². The molecular weight excluding hydrogens is 294 g/mol. The molecule has 0 radical (unpaired) electrons. The lowest BCUT2D eigenvalue weighted by Gasteiger charge is -2.09. The monoisotopic (exact) mass is 311 g/mol. The van der Waals surface area contributed by atoms with Crippen LogP contribution in [0.4, 0.5) is 0 Å². The predicted molar refractivity (Wildman–Crippen MR) is 98.6 cm³/mol. The molecule has 24 heavy (non-hydrogen) atoms. The molecule has 0 unspecified atom stereocenters. The van der Waals surface area contributed by atoms with Gasteiger partial charge in [0.2, 0.25) is 0 Å². The second kappa shape index (κ2) is 5.57. The SMILES string of the molecule is Cc1cccc(C(=O)c2cccc3cc4c(C)cccc4nc23)c1. The first-order chi connectivity index (χ1) is 11.6. The highest BCUT2D eigenvalue weighted by Crippen LogP contribution is 2.26. The van der Waals surface area contributed by atoms with E-state index in [-0.39, 0.29) is 5.78 Å². The zero-order valence-electron chi connectivity index (χ0n) is 13.7. The summed E-state index contributed by atoms with van der Waals surface area (Å²) >= 11 is 0. The quantitative estimate of drug-likeness (QED) is 0.374. The minimum absolute atomic E-state index is 0.0174. The number of nitrogens with zero attached hydrogens (tertiary/aromatic N) is 1. The van der Waals surface area contributed by atoms with Crippen molar-refractivity contribution >= 4 is 27.6 Å². The van der Waals surface area contributed by atoms with E-state index in [9.17, 15) is 4.79 Å². The first-order valence-electron chi connectivity index (χ1n) is 8.04. The lowest BCUT2D eigenvalue weighted by atomic mass is 9.98. The van der Waals surface area contributed by atoms with Gasteiger partial charge >= 0.3 is 0 Å². The smallest absolute Gasteiger partial charge is 0.195 e. The average Bonchev–Trinajstić information content (AvgIpc) is 2.59. The average molecular weight is 311 g/mol. The Morgan fingerprint density at radius 2 is 1.67 bits per heavy atom. The van der Waals surface area contributed by atoms with Gasteiger partial charge in [-0.05, 0) is 43.7 Å². The number of carbonyl (C=O) groups excluding carboxylic acids is 1. The van der Waals surface area contributed by atoms with E-state index in [0.29, 0.717) is 11.1 Å². The van der Waals surface area contributed by atoms with Crippen molar-refractivity contribution < 1.29 is 4.79 Å². The molecule has 0 aliphatic heterocycles. The highest BCUT2D eigenvalue weighted by atomic mass is 16.1. The third-order valence-electron chi connectivity index (χ3n) is 4.43. The molecule has 0 atom stereocenters. The maximum atomic E-state index is 13.0. The van der Waals surface area contributed by atoms with Crippen molar-refractivity contribution in [2.75, 3.05) is 0 Å². The number of aromatic nitrogens is 1. The molecule has 0 amide bonds. The van der Waals surface area contributed by atoms with E-state index in [4.69, 9.17) is 4.98 Å². The molecule has 0 N–H and O–H groups in total. The Hall–Kier alpha value is -3.00. The van der Waals surface area contributed by atoms with Crippen LogP contribution in [0.1, 0.15) is 27.0 Å². The van der Waals surface area contributed by atoms with Crippen LogP contribution in [0.5, 0.6) is 0 Å². The van der Waals surface area contributed by atoms with Gasteiger partial charge in [0, 0.05) is 21.9 Å². The molecule has 1 heterocycles. The summed E-state index contributed by atoms with van der Waals surface area (Å²) < 4.78 is 0. The van der Waals surface area contributed by atoms with Crippen LogP contribution in [0.2, 0.25) is 0 Å². The predicted octanol–water partition coefficient (Wildman–Crippen LogP) is 5.24. The molecule has 4 rings (SSSR count). The van der Waals surface area contributed by atoms with Crippen molar-refractivity contribution in [1.29, 1.82) is 0 Å². The Balaban J connectivity index is 1.97. The largest absolute Gasteiger partial charge is 0.289 e. The van der Waals surface area contributed by atoms with E-state index >= 15 is 0 Å². The Bertz CT molecular complexity index is 1100. The van der Waals surface area contributed by atoms with Crippen LogP contribution in [0, 0.1) is 13.8 Å². The lowest BCUT2D eigenvalue weighted by molar-refractivity contribution is 0.104. The number of pyridine rings is 1. The van der Waals surface area contributed by atoms with E-state index in [1.54, 1.807) is 0 Å². The number of fused-ring (bicyclic) bond motifs is 2. The summed E-state index contributed by atoms with van der Waals surface area (Å²) in [6, 6.07) is 21.7. The molecule has 0 spiro atoms. The van der Waals surface area contributed by atoms with Crippen LogP contribution in [0.25, 0.3) is 21.8 Å². The first kappa shape index (κ1) is 14.6. The number of hydrogen-bond donors (Lipinski definition) is 0. The van der Waals surface area contributed by atoms with Crippen LogP contribution in [-0.2, 0) is 0 Å². The molecular formula is C22H17NO. The Labute approximate surface area is 140 Å². The molecule has 2 heteroatoms. The van der Waals surface area contributed by atoms with Crippen LogP contribution in [-0.4, -0.2) is 10.8 Å². The van der Waals surface area contributed by atoms with Crippen LogP contribution in [0.15, 0.2) is 66.7 Å². The van der Waals surface area contributed by atoms with E-state index < -0.39 is 0 Å². The van der Waals surface area contributed by atoms with Gasteiger partial charge in [-0.25, -0.2) is 4.98 Å². The normalized spacial score (nSPS) is 11.1. The van der Waals surface area contributed by atoms with Gasteiger partial charge in [0.05, 0.1) is 11.0 Å². The fourth-order valence-corrected chi connectivity index (χ4v) is 3.15. The summed E-state index contributed by atoms with van der Waals surface area (Å²) in [5.41, 5.74) is 5.32. The zero-order chi connectivity index (χ0) is 16.7. The molecule has 0 fully saturated rings. The van der Waals surface area contributed by atoms with Gasteiger partial charge in [0.1, 0.15) is 0 Å². The minimum Gasteiger partial charge on any atom is -0.289 e. The summed E-state index contributed by atoms with van der Waals surface area (Å²) in [6.07, 6.45) is 0. The standard InChI is InChI=1S/C22H17NO/c1-14-6-3-9-17(12-14)22(24)18-10-5-8-16-13-19-15(2)7-4-11-20(19)23-21(16)18/h3-13H,1-2H3. The summed E-state index contributed by atoms with van der Waals surface area (Å²) in [4.78, 5) is 17.8. The third kappa shape index (κ3) is 2.37. The van der Waals surface area contributed by atoms with Crippen LogP contribution < -0.4 is 0 Å². The van der Waals surface area contributed by atoms with Gasteiger partial charge in [0.25, 0.3) is 0 Å². The van der Waals surface area contributed by atoms with Gasteiger partial charge in [-0.15, -0.1) is 0 Å². The fraction of sp³-hybridized carbons (Fsp3) is 0.0909. The van der Waals surface area contributed by atoms with Gasteiger partial charge in [-0.3, -0.25) is 4.79 Å². The number of benzene rings is 3. The molecule has 0 saturated heterocycles. The molecule has 2 nitrogen and oxygen atoms in total. The summed E-state index contributed by atoms with van der Waals surface area (Å²) in [5, 5.41) is 2.13. The van der Waals surface area contributed by atoms with Gasteiger partial charge in [-0.2, -0.15) is 0 Å². The van der Waals surface area contributed by atoms with Crippen molar-refractivity contribution in [2.45, 2.75) is 13.8 Å². The van der Waals surface area contributed by atoms with Gasteiger partial charge < -0.3 is 0 Å². The molecule has 1 aromatic heterocycles. The van der Waals surface area contributed by atoms with Crippen LogP contribution in [0.3, 0.4) is 0 Å². The maximum absolute atomic E-state index is 13.0. The zero-order valence-corrected chi connectivity index (χ0v) is 13.7. The maximum Gasteiger partial charge on any atom is 0.195 e. The topological polar surface area (TPSA) is 30.0 Å². The van der Waals surface area contributed by atoms with Crippen molar-refractivity contribution in [3.63, 3.8) is 0 Å². The minimum atomic E-state index is 0.0174. The molecule has 0 aliphatic carbocycles. The molecule has 116 valence electrons. The number of para-hydroxylation sites is 1. The van der Waals surface area contributed by atoms with E-state index in [2.05, 4.69) is 19.1 Å². The van der Waals surface area contributed by atoms with E-state index in [1.165, 1.54) is 5.56 Å². The Morgan fingerprint density at radius 3 is 2.50 bits per heavy atom. The van der Waals surface area contributed by atoms with Crippen molar-refractivity contribution in [3.05, 3.63) is 89.0 Å². The second-order valence-corrected chi connectivity index (χ2v) is 6.21. The highest BCUT2D eigenvalue weighted by molar-refractivity contribution is 6.16. The number of carbonyl (C=O) groups is 1. The summed E-state index contributed by atoms with van der Waals surface area (Å²) in [6.45, 7) is 4.08. The number of rotatable bonds is 2. The van der Waals surface area contributed by atoms with Crippen molar-refractivity contribution in [2.24, 2.45) is 0 Å². The molecule has 3 aromatic carbocycles. The number of hydrogen-bond acceptors (Lipinski definition) is 2. The van der Waals surface area contributed by atoms with E-state index in [0.717, 1.165) is 27.4 Å². The Morgan fingerprint density at radius 1 is 0.875 bits per heavy atom. The molecule has 0 aliphatic rings. The third-order valence-corrected chi connectivity index (χ3v) is 4.43. The number of ketones is 1. The Kier molecular flexibility index (Phi) is 3.39. The number of aryl methyl sites for hydroxylation is 2. The lowest BCUT2D eigenvalue weighted by Crippen LogP contribution is -2.03. The van der Waals surface area contributed by atoms with Gasteiger partial charge in [0.15, 0.2) is 5.78 Å². The van der Waals surface area contributed by atoms with Crippen molar-refractivity contribution in [1.82, 2.24) is 4.98 Å². The summed E-state index contributed by atoms with van der Waals surface area (Å²) in [7, 11) is 0. The molecule has 0 bridgehead atoms. The fourth-order valence-electron chi connectivity index (χ4n) is 3.15. The molecule has 0 saturated carbocycles. The summed E-state index contributed by atoms with van der Waals surface area (Å²) in [5.74, 6) is 0.0174. The van der Waals surface area contributed by atoms with Gasteiger partial charge in [-0.1, -0.05) is 48.0 Å².